The van der Waals surface area contributed by atoms with E-state index in [-0.39, 0.29) is 6.03 Å². The van der Waals surface area contributed by atoms with E-state index in [0.717, 1.165) is 28.1 Å². The highest BCUT2D eigenvalue weighted by Crippen LogP contribution is 2.15. The third-order valence-electron chi connectivity index (χ3n) is 4.88. The van der Waals surface area contributed by atoms with Crippen molar-refractivity contribution < 1.29 is 4.79 Å². The van der Waals surface area contributed by atoms with Crippen molar-refractivity contribution in [2.24, 2.45) is 0 Å². The third-order valence-corrected chi connectivity index (χ3v) is 4.88. The van der Waals surface area contributed by atoms with Gasteiger partial charge in [0.05, 0.1) is 29.5 Å². The van der Waals surface area contributed by atoms with Crippen LogP contribution in [0, 0.1) is 6.92 Å². The molecule has 0 saturated heterocycles. The Morgan fingerprint density at radius 2 is 1.86 bits per heavy atom. The van der Waals surface area contributed by atoms with Gasteiger partial charge in [-0.05, 0) is 31.2 Å². The van der Waals surface area contributed by atoms with Gasteiger partial charge in [0.15, 0.2) is 0 Å². The van der Waals surface area contributed by atoms with Crippen LogP contribution in [0.1, 0.15) is 11.4 Å². The van der Waals surface area contributed by atoms with E-state index >= 15 is 0 Å². The van der Waals surface area contributed by atoms with Crippen molar-refractivity contribution in [2.75, 3.05) is 13.6 Å². The van der Waals surface area contributed by atoms with Crippen LogP contribution < -0.4 is 5.32 Å². The summed E-state index contributed by atoms with van der Waals surface area (Å²) in [7, 11) is 1.78. The minimum Gasteiger partial charge on any atom is -0.336 e. The summed E-state index contributed by atoms with van der Waals surface area (Å²) in [6, 6.07) is 17.8. The molecular formula is C22H24N6O. The van der Waals surface area contributed by atoms with Crippen molar-refractivity contribution >= 4 is 17.1 Å². The third kappa shape index (κ3) is 4.13. The first kappa shape index (κ1) is 18.7. The summed E-state index contributed by atoms with van der Waals surface area (Å²) in [5.74, 6) is 0.946. The summed E-state index contributed by atoms with van der Waals surface area (Å²) in [6.07, 6.45) is 3.73. The molecule has 4 aromatic rings. The number of benzene rings is 2. The van der Waals surface area contributed by atoms with Crippen LogP contribution in [0.15, 0.2) is 67.0 Å². The molecule has 0 atom stereocenters. The van der Waals surface area contributed by atoms with Crippen LogP contribution in [0.4, 0.5) is 4.79 Å². The second-order valence-corrected chi connectivity index (χ2v) is 7.02. The minimum atomic E-state index is -0.112. The minimum absolute atomic E-state index is 0.112. The van der Waals surface area contributed by atoms with Crippen LogP contribution in [0.3, 0.4) is 0 Å². The Morgan fingerprint density at radius 3 is 2.69 bits per heavy atom. The molecule has 0 saturated carbocycles. The van der Waals surface area contributed by atoms with E-state index in [9.17, 15) is 4.79 Å². The average molecular weight is 388 g/mol. The molecule has 2 heterocycles. The zero-order valence-corrected chi connectivity index (χ0v) is 16.6. The lowest BCUT2D eigenvalue weighted by Crippen LogP contribution is -2.38. The quantitative estimate of drug-likeness (QED) is 0.551. The van der Waals surface area contributed by atoms with Crippen LogP contribution in [-0.2, 0) is 13.1 Å². The number of nitrogens with one attached hydrogen (secondary N) is 1. The lowest BCUT2D eigenvalue weighted by atomic mass is 10.3. The number of aryl methyl sites for hydroxylation is 1. The average Bonchev–Trinajstić information content (AvgIpc) is 3.33. The molecular weight excluding hydrogens is 364 g/mol. The normalized spacial score (nSPS) is 11.0. The van der Waals surface area contributed by atoms with Crippen molar-refractivity contribution in [1.29, 1.82) is 0 Å². The Morgan fingerprint density at radius 1 is 1.10 bits per heavy atom. The number of hydrogen-bond acceptors (Lipinski definition) is 3. The van der Waals surface area contributed by atoms with Gasteiger partial charge < -0.3 is 14.8 Å². The molecule has 148 valence electrons. The van der Waals surface area contributed by atoms with E-state index in [2.05, 4.69) is 20.0 Å². The highest BCUT2D eigenvalue weighted by Gasteiger charge is 2.11. The number of carbonyl (C=O) groups is 1. The number of carbonyl (C=O) groups excluding carboxylic acids is 1. The van der Waals surface area contributed by atoms with Crippen LogP contribution in [-0.4, -0.2) is 43.9 Å². The molecule has 29 heavy (non-hydrogen) atoms. The molecule has 2 aromatic heterocycles. The van der Waals surface area contributed by atoms with E-state index in [0.29, 0.717) is 19.6 Å². The van der Waals surface area contributed by atoms with Crippen molar-refractivity contribution in [3.05, 3.63) is 78.4 Å². The standard InChI is InChI=1S/C22H24N6O/c1-17-25-20-10-6-7-11-21(20)27(17)13-12-23-22(29)26(2)15-18-14-24-28(16-18)19-8-4-3-5-9-19/h3-11,14,16H,12-13,15H2,1-2H3,(H,23,29). The van der Waals surface area contributed by atoms with Crippen LogP contribution in [0.2, 0.25) is 0 Å². The van der Waals surface area contributed by atoms with E-state index in [4.69, 9.17) is 0 Å². The smallest absolute Gasteiger partial charge is 0.317 e. The van der Waals surface area contributed by atoms with Gasteiger partial charge >= 0.3 is 6.03 Å². The predicted octanol–water partition coefficient (Wildman–Crippen LogP) is 3.37. The summed E-state index contributed by atoms with van der Waals surface area (Å²) < 4.78 is 3.94. The molecule has 0 unspecified atom stereocenters. The number of urea groups is 1. The predicted molar refractivity (Wildman–Crippen MR) is 113 cm³/mol. The van der Waals surface area contributed by atoms with Gasteiger partial charge in [0.25, 0.3) is 0 Å². The Labute approximate surface area is 169 Å². The first-order valence-electron chi connectivity index (χ1n) is 9.61. The molecule has 1 N–H and O–H groups in total. The molecule has 0 aliphatic carbocycles. The molecule has 0 fully saturated rings. The first-order chi connectivity index (χ1) is 14.1. The number of hydrogen-bond donors (Lipinski definition) is 1. The number of imidazole rings is 1. The van der Waals surface area contributed by atoms with Gasteiger partial charge in [-0.15, -0.1) is 0 Å². The summed E-state index contributed by atoms with van der Waals surface area (Å²) in [5.41, 5.74) is 4.03. The molecule has 0 spiro atoms. The molecule has 0 bridgehead atoms. The maximum absolute atomic E-state index is 12.5. The molecule has 7 heteroatoms. The fourth-order valence-electron chi connectivity index (χ4n) is 3.40. The first-order valence-corrected chi connectivity index (χ1v) is 9.61. The molecule has 0 radical (unpaired) electrons. The number of amides is 2. The Balaban J connectivity index is 1.32. The Hall–Kier alpha value is -3.61. The highest BCUT2D eigenvalue weighted by atomic mass is 16.2. The van der Waals surface area contributed by atoms with Gasteiger partial charge in [-0.3, -0.25) is 0 Å². The van der Waals surface area contributed by atoms with Crippen molar-refractivity contribution in [3.8, 4) is 5.69 Å². The van der Waals surface area contributed by atoms with Gasteiger partial charge in [-0.25, -0.2) is 14.5 Å². The van der Waals surface area contributed by atoms with Crippen LogP contribution in [0.25, 0.3) is 16.7 Å². The second kappa shape index (κ2) is 8.18. The monoisotopic (exact) mass is 388 g/mol. The maximum atomic E-state index is 12.5. The number of fused-ring (bicyclic) bond motifs is 1. The van der Waals surface area contributed by atoms with Gasteiger partial charge in [0, 0.05) is 31.9 Å². The summed E-state index contributed by atoms with van der Waals surface area (Å²) in [5, 5.41) is 7.36. The molecule has 2 aromatic carbocycles. The van der Waals surface area contributed by atoms with Crippen molar-refractivity contribution in [2.45, 2.75) is 20.0 Å². The lowest BCUT2D eigenvalue weighted by Gasteiger charge is -2.17. The van der Waals surface area contributed by atoms with Gasteiger partial charge in [-0.2, -0.15) is 5.10 Å². The molecule has 2 amide bonds. The lowest BCUT2D eigenvalue weighted by molar-refractivity contribution is 0.206. The van der Waals surface area contributed by atoms with Gasteiger partial charge in [0.2, 0.25) is 0 Å². The zero-order valence-electron chi connectivity index (χ0n) is 16.6. The zero-order chi connectivity index (χ0) is 20.2. The van der Waals surface area contributed by atoms with E-state index < -0.39 is 0 Å². The van der Waals surface area contributed by atoms with Gasteiger partial charge in [-0.1, -0.05) is 30.3 Å². The SMILES string of the molecule is Cc1nc2ccccc2n1CCNC(=O)N(C)Cc1cnn(-c2ccccc2)c1. The summed E-state index contributed by atoms with van der Waals surface area (Å²) in [4.78, 5) is 18.7. The largest absolute Gasteiger partial charge is 0.336 e. The molecule has 0 aliphatic heterocycles. The van der Waals surface area contributed by atoms with Crippen molar-refractivity contribution in [1.82, 2.24) is 29.5 Å². The number of nitrogens with zero attached hydrogens (tertiary/aromatic N) is 5. The number of para-hydroxylation sites is 3. The van der Waals surface area contributed by atoms with Gasteiger partial charge in [0.1, 0.15) is 5.82 Å². The van der Waals surface area contributed by atoms with Crippen molar-refractivity contribution in [3.63, 3.8) is 0 Å². The highest BCUT2D eigenvalue weighted by molar-refractivity contribution is 5.76. The van der Waals surface area contributed by atoms with E-state index in [1.807, 2.05) is 72.4 Å². The Kier molecular flexibility index (Phi) is 5.29. The fraction of sp³-hybridized carbons (Fsp3) is 0.227. The summed E-state index contributed by atoms with van der Waals surface area (Å²) >= 11 is 0. The number of aromatic nitrogens is 4. The number of rotatable bonds is 6. The fourth-order valence-corrected chi connectivity index (χ4v) is 3.40. The van der Waals surface area contributed by atoms with E-state index in [1.165, 1.54) is 0 Å². The topological polar surface area (TPSA) is 68.0 Å². The molecule has 0 aliphatic rings. The molecule has 7 nitrogen and oxygen atoms in total. The van der Waals surface area contributed by atoms with E-state index in [1.54, 1.807) is 18.1 Å². The Bertz CT molecular complexity index is 1110. The van der Waals surface area contributed by atoms with Crippen LogP contribution >= 0.6 is 0 Å². The second-order valence-electron chi connectivity index (χ2n) is 7.02. The van der Waals surface area contributed by atoms with Crippen LogP contribution in [0.5, 0.6) is 0 Å². The maximum Gasteiger partial charge on any atom is 0.317 e. The molecule has 4 rings (SSSR count). The summed E-state index contributed by atoms with van der Waals surface area (Å²) in [6.45, 7) is 3.69.